The molecule has 0 bridgehead atoms. The summed E-state index contributed by atoms with van der Waals surface area (Å²) in [6.45, 7) is 5.16. The topological polar surface area (TPSA) is 27.7 Å². The van der Waals surface area contributed by atoms with E-state index < -0.39 is 29.9 Å². The number of benzene rings is 1. The Morgan fingerprint density at radius 1 is 0.727 bits per heavy atom. The highest BCUT2D eigenvalue weighted by atomic mass is 19.3. The van der Waals surface area contributed by atoms with Crippen molar-refractivity contribution in [2.75, 3.05) is 19.8 Å². The summed E-state index contributed by atoms with van der Waals surface area (Å²) in [5.41, 5.74) is 0. The first-order valence-electron chi connectivity index (χ1n) is 17.7. The van der Waals surface area contributed by atoms with Crippen molar-refractivity contribution in [3.63, 3.8) is 0 Å². The van der Waals surface area contributed by atoms with E-state index in [-0.39, 0.29) is 18.1 Å². The lowest BCUT2D eigenvalue weighted by Gasteiger charge is -2.37. The van der Waals surface area contributed by atoms with E-state index in [0.29, 0.717) is 37.4 Å². The fraction of sp³-hybridized carbons (Fsp3) is 0.784. The van der Waals surface area contributed by atoms with Crippen LogP contribution in [-0.4, -0.2) is 31.8 Å². The molecule has 1 aliphatic heterocycles. The number of unbranched alkanes of at least 4 members (excludes halogenated alkanes) is 3. The van der Waals surface area contributed by atoms with E-state index in [1.807, 2.05) is 6.92 Å². The predicted molar refractivity (Wildman–Crippen MR) is 168 cm³/mol. The van der Waals surface area contributed by atoms with Crippen LogP contribution in [0.15, 0.2) is 24.3 Å². The molecule has 3 nitrogen and oxygen atoms in total. The van der Waals surface area contributed by atoms with Gasteiger partial charge in [0.2, 0.25) is 11.6 Å². The molecular formula is C37H56F4O3. The Balaban J connectivity index is 1.12. The summed E-state index contributed by atoms with van der Waals surface area (Å²) in [6, 6.07) is 2.55. The quantitative estimate of drug-likeness (QED) is 0.104. The van der Waals surface area contributed by atoms with Crippen LogP contribution in [0.25, 0.3) is 0 Å². The van der Waals surface area contributed by atoms with E-state index in [2.05, 4.69) is 19.1 Å². The van der Waals surface area contributed by atoms with Crippen molar-refractivity contribution in [1.29, 1.82) is 0 Å². The van der Waals surface area contributed by atoms with Crippen LogP contribution in [0.3, 0.4) is 0 Å². The summed E-state index contributed by atoms with van der Waals surface area (Å²) >= 11 is 0. The SMILES string of the molecule is CCCCCOc1ccc(OCCC(F)(F)C2CCC(/C=C/C3CCC(C4CCC(CCCC)OC4)CC3)CC2)c(F)c1F. The molecule has 0 aromatic heterocycles. The van der Waals surface area contributed by atoms with Crippen LogP contribution in [0.1, 0.15) is 123 Å². The molecular weight excluding hydrogens is 568 g/mol. The number of allylic oxidation sites excluding steroid dienone is 2. The lowest BCUT2D eigenvalue weighted by atomic mass is 9.73. The van der Waals surface area contributed by atoms with E-state index in [9.17, 15) is 8.78 Å². The molecule has 1 aromatic carbocycles. The molecule has 0 spiro atoms. The molecule has 1 heterocycles. The number of ether oxygens (including phenoxy) is 3. The highest BCUT2D eigenvalue weighted by molar-refractivity contribution is 5.35. The third-order valence-electron chi connectivity index (χ3n) is 10.5. The fourth-order valence-corrected chi connectivity index (χ4v) is 7.49. The Hall–Kier alpha value is -1.76. The van der Waals surface area contributed by atoms with Gasteiger partial charge < -0.3 is 14.2 Å². The predicted octanol–water partition coefficient (Wildman–Crippen LogP) is 11.1. The third-order valence-corrected chi connectivity index (χ3v) is 10.5. The van der Waals surface area contributed by atoms with Crippen molar-refractivity contribution in [1.82, 2.24) is 0 Å². The Labute approximate surface area is 263 Å². The van der Waals surface area contributed by atoms with Gasteiger partial charge in [0.25, 0.3) is 5.92 Å². The van der Waals surface area contributed by atoms with Crippen molar-refractivity contribution in [3.8, 4) is 11.5 Å². The van der Waals surface area contributed by atoms with Crippen LogP contribution in [0.2, 0.25) is 0 Å². The van der Waals surface area contributed by atoms with Crippen molar-refractivity contribution in [2.45, 2.75) is 135 Å². The molecule has 4 rings (SSSR count). The first-order chi connectivity index (χ1) is 21.3. The van der Waals surface area contributed by atoms with Crippen LogP contribution >= 0.6 is 0 Å². The third kappa shape index (κ3) is 10.4. The maximum atomic E-state index is 15.0. The largest absolute Gasteiger partial charge is 0.490 e. The molecule has 0 amide bonds. The van der Waals surface area contributed by atoms with Crippen LogP contribution < -0.4 is 9.47 Å². The van der Waals surface area contributed by atoms with Gasteiger partial charge in [0.1, 0.15) is 0 Å². The van der Waals surface area contributed by atoms with E-state index in [1.54, 1.807) is 0 Å². The highest BCUT2D eigenvalue weighted by Gasteiger charge is 2.41. The van der Waals surface area contributed by atoms with Gasteiger partial charge in [-0.3, -0.25) is 0 Å². The summed E-state index contributed by atoms with van der Waals surface area (Å²) in [4.78, 5) is 0. The molecule has 1 aromatic rings. The fourth-order valence-electron chi connectivity index (χ4n) is 7.49. The molecule has 44 heavy (non-hydrogen) atoms. The van der Waals surface area contributed by atoms with Crippen molar-refractivity contribution in [3.05, 3.63) is 35.9 Å². The van der Waals surface area contributed by atoms with Gasteiger partial charge in [-0.25, -0.2) is 8.78 Å². The van der Waals surface area contributed by atoms with Crippen molar-refractivity contribution >= 4 is 0 Å². The second-order valence-electron chi connectivity index (χ2n) is 13.7. The lowest BCUT2D eigenvalue weighted by Crippen LogP contribution is -2.33. The molecule has 2 aliphatic carbocycles. The molecule has 3 aliphatic rings. The molecule has 0 radical (unpaired) electrons. The second kappa shape index (κ2) is 17.8. The zero-order valence-electron chi connectivity index (χ0n) is 27.2. The molecule has 0 N–H and O–H groups in total. The molecule has 3 fully saturated rings. The normalized spacial score (nSPS) is 28.3. The van der Waals surface area contributed by atoms with Crippen LogP contribution in [0, 0.1) is 41.2 Å². The molecule has 1 saturated heterocycles. The van der Waals surface area contributed by atoms with Gasteiger partial charge >= 0.3 is 0 Å². The van der Waals surface area contributed by atoms with E-state index in [1.165, 1.54) is 69.9 Å². The standard InChI is InChI=1S/C37H56F4O3/c1-3-5-7-24-42-33-21-22-34(36(39)35(33)38)43-25-23-37(40,41)31-18-13-28(14-19-31)10-9-27-11-15-29(16-12-27)30-17-20-32(44-26-30)8-6-4-2/h9-10,21-22,27-32H,3-8,11-20,23-26H2,1-2H3/b10-9+. The lowest BCUT2D eigenvalue weighted by molar-refractivity contribution is -0.0865. The zero-order valence-corrected chi connectivity index (χ0v) is 27.2. The van der Waals surface area contributed by atoms with Gasteiger partial charge in [-0.15, -0.1) is 0 Å². The average molecular weight is 625 g/mol. The first kappa shape index (κ1) is 35.1. The van der Waals surface area contributed by atoms with Gasteiger partial charge in [-0.1, -0.05) is 51.7 Å². The van der Waals surface area contributed by atoms with E-state index >= 15 is 8.78 Å². The van der Waals surface area contributed by atoms with Crippen molar-refractivity contribution in [2.24, 2.45) is 29.6 Å². The van der Waals surface area contributed by atoms with Gasteiger partial charge in [-0.2, -0.15) is 8.78 Å². The molecule has 2 atom stereocenters. The minimum Gasteiger partial charge on any atom is -0.490 e. The summed E-state index contributed by atoms with van der Waals surface area (Å²) in [6.07, 6.45) is 21.1. The Kier molecular flexibility index (Phi) is 14.2. The van der Waals surface area contributed by atoms with E-state index in [4.69, 9.17) is 14.2 Å². The van der Waals surface area contributed by atoms with Crippen LogP contribution in [0.4, 0.5) is 17.6 Å². The second-order valence-corrected chi connectivity index (χ2v) is 13.7. The van der Waals surface area contributed by atoms with Gasteiger partial charge in [0.05, 0.1) is 25.9 Å². The molecule has 2 unspecified atom stereocenters. The van der Waals surface area contributed by atoms with Crippen molar-refractivity contribution < 1.29 is 31.8 Å². The number of rotatable bonds is 16. The smallest absolute Gasteiger partial charge is 0.254 e. The van der Waals surface area contributed by atoms with Gasteiger partial charge in [0.15, 0.2) is 11.5 Å². The van der Waals surface area contributed by atoms with Gasteiger partial charge in [-0.05, 0) is 113 Å². The Morgan fingerprint density at radius 2 is 1.30 bits per heavy atom. The summed E-state index contributed by atoms with van der Waals surface area (Å²) in [5.74, 6) is -3.99. The number of hydrogen-bond donors (Lipinski definition) is 0. The minimum atomic E-state index is -2.90. The molecule has 2 saturated carbocycles. The van der Waals surface area contributed by atoms with Crippen LogP contribution in [-0.2, 0) is 4.74 Å². The Morgan fingerprint density at radius 3 is 1.86 bits per heavy atom. The maximum absolute atomic E-state index is 15.0. The van der Waals surface area contributed by atoms with E-state index in [0.717, 1.165) is 50.5 Å². The summed E-state index contributed by atoms with van der Waals surface area (Å²) in [5, 5.41) is 0. The van der Waals surface area contributed by atoms with Crippen LogP contribution in [0.5, 0.6) is 11.5 Å². The highest BCUT2D eigenvalue weighted by Crippen LogP contribution is 2.42. The van der Waals surface area contributed by atoms with Gasteiger partial charge in [0, 0.05) is 12.3 Å². The number of alkyl halides is 2. The first-order valence-corrected chi connectivity index (χ1v) is 17.7. The summed E-state index contributed by atoms with van der Waals surface area (Å²) < 4.78 is 75.6. The minimum absolute atomic E-state index is 0.180. The monoisotopic (exact) mass is 624 g/mol. The summed E-state index contributed by atoms with van der Waals surface area (Å²) in [7, 11) is 0. The number of hydrogen-bond acceptors (Lipinski definition) is 3. The average Bonchev–Trinajstić information content (AvgIpc) is 3.04. The maximum Gasteiger partial charge on any atom is 0.254 e. The molecule has 7 heteroatoms. The Bertz CT molecular complexity index is 991. The molecule has 250 valence electrons. The number of halogens is 4. The zero-order chi connectivity index (χ0) is 31.4.